The van der Waals surface area contributed by atoms with Crippen LogP contribution in [0.5, 0.6) is 5.75 Å². The van der Waals surface area contributed by atoms with Crippen LogP contribution in [0.25, 0.3) is 0 Å². The zero-order valence-electron chi connectivity index (χ0n) is 10.9. The molecule has 0 spiro atoms. The third-order valence-corrected chi connectivity index (χ3v) is 2.74. The molecule has 0 amide bonds. The number of carboxylic acids is 1. The van der Waals surface area contributed by atoms with Gasteiger partial charge in [0, 0.05) is 6.04 Å². The topological polar surface area (TPSA) is 72.5 Å². The van der Waals surface area contributed by atoms with E-state index >= 15 is 0 Å². The number of benzene rings is 1. The maximum atomic E-state index is 10.8. The SMILES string of the molecule is CCC(Oc1ccc(CCC(C)N)cc1)C(=O)O. The fourth-order valence-corrected chi connectivity index (χ4v) is 1.60. The molecular formula is C14H21NO3. The molecule has 0 heterocycles. The van der Waals surface area contributed by atoms with Crippen molar-refractivity contribution in [2.24, 2.45) is 5.73 Å². The van der Waals surface area contributed by atoms with Gasteiger partial charge in [-0.3, -0.25) is 0 Å². The monoisotopic (exact) mass is 251 g/mol. The lowest BCUT2D eigenvalue weighted by Gasteiger charge is -2.13. The standard InChI is InChI=1S/C14H21NO3/c1-3-13(14(16)17)18-12-8-6-11(7-9-12)5-4-10(2)15/h6-10,13H,3-5,15H2,1-2H3,(H,16,17). The minimum Gasteiger partial charge on any atom is -0.479 e. The van der Waals surface area contributed by atoms with Gasteiger partial charge in [-0.2, -0.15) is 0 Å². The molecule has 1 rings (SSSR count). The molecule has 0 bridgehead atoms. The fraction of sp³-hybridized carbons (Fsp3) is 0.500. The Morgan fingerprint density at radius 1 is 1.39 bits per heavy atom. The average Bonchev–Trinajstić information content (AvgIpc) is 2.34. The van der Waals surface area contributed by atoms with E-state index in [0.717, 1.165) is 12.8 Å². The number of nitrogens with two attached hydrogens (primary N) is 1. The first-order valence-electron chi connectivity index (χ1n) is 6.27. The molecule has 4 nitrogen and oxygen atoms in total. The van der Waals surface area contributed by atoms with Crippen molar-refractivity contribution >= 4 is 5.97 Å². The maximum Gasteiger partial charge on any atom is 0.344 e. The summed E-state index contributed by atoms with van der Waals surface area (Å²) in [5.41, 5.74) is 6.88. The predicted octanol–water partition coefficient (Wildman–Crippen LogP) is 2.21. The normalized spacial score (nSPS) is 13.9. The van der Waals surface area contributed by atoms with Crippen LogP contribution in [0.2, 0.25) is 0 Å². The number of hydrogen-bond acceptors (Lipinski definition) is 3. The van der Waals surface area contributed by atoms with Gasteiger partial charge in [0.05, 0.1) is 0 Å². The average molecular weight is 251 g/mol. The summed E-state index contributed by atoms with van der Waals surface area (Å²) in [6, 6.07) is 7.71. The molecular weight excluding hydrogens is 230 g/mol. The first-order chi connectivity index (χ1) is 8.52. The van der Waals surface area contributed by atoms with Crippen LogP contribution in [-0.2, 0) is 11.2 Å². The van der Waals surface area contributed by atoms with Crippen molar-refractivity contribution in [2.45, 2.75) is 45.3 Å². The zero-order chi connectivity index (χ0) is 13.5. The molecule has 1 aromatic rings. The van der Waals surface area contributed by atoms with Crippen molar-refractivity contribution in [1.82, 2.24) is 0 Å². The summed E-state index contributed by atoms with van der Waals surface area (Å²) in [5, 5.41) is 8.90. The van der Waals surface area contributed by atoms with Crippen LogP contribution in [-0.4, -0.2) is 23.2 Å². The molecule has 0 aliphatic carbocycles. The van der Waals surface area contributed by atoms with E-state index in [1.165, 1.54) is 5.56 Å². The third kappa shape index (κ3) is 4.75. The van der Waals surface area contributed by atoms with Crippen molar-refractivity contribution in [2.75, 3.05) is 0 Å². The van der Waals surface area contributed by atoms with Gasteiger partial charge in [-0.1, -0.05) is 19.1 Å². The lowest BCUT2D eigenvalue weighted by Crippen LogP contribution is -2.25. The quantitative estimate of drug-likeness (QED) is 0.779. The van der Waals surface area contributed by atoms with Gasteiger partial charge in [-0.25, -0.2) is 4.79 Å². The second-order valence-electron chi connectivity index (χ2n) is 4.51. The van der Waals surface area contributed by atoms with Crippen LogP contribution in [0.4, 0.5) is 0 Å². The predicted molar refractivity (Wildman–Crippen MR) is 70.8 cm³/mol. The molecule has 2 unspecified atom stereocenters. The van der Waals surface area contributed by atoms with E-state index in [4.69, 9.17) is 15.6 Å². The number of aliphatic carboxylic acids is 1. The summed E-state index contributed by atoms with van der Waals surface area (Å²) < 4.78 is 5.38. The Hall–Kier alpha value is -1.55. The van der Waals surface area contributed by atoms with Gasteiger partial charge in [0.1, 0.15) is 5.75 Å². The molecule has 0 aromatic heterocycles. The van der Waals surface area contributed by atoms with E-state index in [1.807, 2.05) is 31.2 Å². The van der Waals surface area contributed by atoms with Gasteiger partial charge in [0.25, 0.3) is 0 Å². The lowest BCUT2D eigenvalue weighted by atomic mass is 10.1. The minimum absolute atomic E-state index is 0.192. The molecule has 0 saturated carbocycles. The van der Waals surface area contributed by atoms with Crippen LogP contribution in [0, 0.1) is 0 Å². The fourth-order valence-electron chi connectivity index (χ4n) is 1.60. The van der Waals surface area contributed by atoms with Crippen LogP contribution >= 0.6 is 0 Å². The van der Waals surface area contributed by atoms with Crippen molar-refractivity contribution in [3.63, 3.8) is 0 Å². The van der Waals surface area contributed by atoms with Crippen molar-refractivity contribution < 1.29 is 14.6 Å². The Kier molecular flexibility index (Phi) is 5.65. The van der Waals surface area contributed by atoms with E-state index in [9.17, 15) is 4.79 Å². The summed E-state index contributed by atoms with van der Waals surface area (Å²) in [6.07, 6.45) is 1.53. The second kappa shape index (κ2) is 7.01. The van der Waals surface area contributed by atoms with Crippen molar-refractivity contribution in [1.29, 1.82) is 0 Å². The number of ether oxygens (including phenoxy) is 1. The van der Waals surface area contributed by atoms with Gasteiger partial charge < -0.3 is 15.6 Å². The molecule has 0 fully saturated rings. The van der Waals surface area contributed by atoms with Crippen LogP contribution in [0.15, 0.2) is 24.3 Å². The summed E-state index contributed by atoms with van der Waals surface area (Å²) in [7, 11) is 0. The first-order valence-corrected chi connectivity index (χ1v) is 6.27. The molecule has 100 valence electrons. The largest absolute Gasteiger partial charge is 0.479 e. The number of rotatable bonds is 7. The van der Waals surface area contributed by atoms with E-state index in [2.05, 4.69) is 0 Å². The van der Waals surface area contributed by atoms with Crippen molar-refractivity contribution in [3.05, 3.63) is 29.8 Å². The van der Waals surface area contributed by atoms with E-state index in [1.54, 1.807) is 6.92 Å². The van der Waals surface area contributed by atoms with E-state index < -0.39 is 12.1 Å². The lowest BCUT2D eigenvalue weighted by molar-refractivity contribution is -0.145. The highest BCUT2D eigenvalue weighted by atomic mass is 16.5. The first kappa shape index (κ1) is 14.5. The second-order valence-corrected chi connectivity index (χ2v) is 4.51. The Bertz CT molecular complexity index is 373. The Labute approximate surface area is 108 Å². The molecule has 0 aliphatic heterocycles. The third-order valence-electron chi connectivity index (χ3n) is 2.74. The number of hydrogen-bond donors (Lipinski definition) is 2. The summed E-state index contributed by atoms with van der Waals surface area (Å²) in [5.74, 6) is -0.340. The van der Waals surface area contributed by atoms with Crippen LogP contribution in [0.3, 0.4) is 0 Å². The van der Waals surface area contributed by atoms with Gasteiger partial charge in [-0.05, 0) is 43.9 Å². The van der Waals surface area contributed by atoms with Crippen LogP contribution in [0.1, 0.15) is 32.3 Å². The molecule has 0 aliphatic rings. The number of carboxylic acid groups (broad SMARTS) is 1. The Balaban J connectivity index is 2.57. The maximum absolute atomic E-state index is 10.8. The summed E-state index contributed by atoms with van der Waals surface area (Å²) >= 11 is 0. The molecule has 4 heteroatoms. The Morgan fingerprint density at radius 2 is 2.00 bits per heavy atom. The molecule has 0 saturated heterocycles. The van der Waals surface area contributed by atoms with Crippen LogP contribution < -0.4 is 10.5 Å². The van der Waals surface area contributed by atoms with E-state index in [-0.39, 0.29) is 6.04 Å². The van der Waals surface area contributed by atoms with Gasteiger partial charge in [-0.15, -0.1) is 0 Å². The molecule has 0 radical (unpaired) electrons. The number of aryl methyl sites for hydroxylation is 1. The highest BCUT2D eigenvalue weighted by Gasteiger charge is 2.16. The van der Waals surface area contributed by atoms with E-state index in [0.29, 0.717) is 12.2 Å². The molecule has 1 aromatic carbocycles. The van der Waals surface area contributed by atoms with Gasteiger partial charge >= 0.3 is 5.97 Å². The number of carbonyl (C=O) groups is 1. The molecule has 2 atom stereocenters. The smallest absolute Gasteiger partial charge is 0.344 e. The van der Waals surface area contributed by atoms with Gasteiger partial charge in [0.2, 0.25) is 0 Å². The van der Waals surface area contributed by atoms with Crippen molar-refractivity contribution in [3.8, 4) is 5.75 Å². The van der Waals surface area contributed by atoms with Gasteiger partial charge in [0.15, 0.2) is 6.10 Å². The minimum atomic E-state index is -0.932. The summed E-state index contributed by atoms with van der Waals surface area (Å²) in [6.45, 7) is 3.77. The Morgan fingerprint density at radius 3 is 2.44 bits per heavy atom. The molecule has 3 N–H and O–H groups in total. The molecule has 18 heavy (non-hydrogen) atoms. The zero-order valence-corrected chi connectivity index (χ0v) is 10.9. The summed E-state index contributed by atoms with van der Waals surface area (Å²) in [4.78, 5) is 10.8. The highest BCUT2D eigenvalue weighted by Crippen LogP contribution is 2.16. The highest BCUT2D eigenvalue weighted by molar-refractivity contribution is 5.72.